The van der Waals surface area contributed by atoms with Gasteiger partial charge in [0.15, 0.2) is 0 Å². The monoisotopic (exact) mass is 371 g/mol. The van der Waals surface area contributed by atoms with Crippen LogP contribution in [0.3, 0.4) is 0 Å². The third-order valence-corrected chi connectivity index (χ3v) is 5.51. The van der Waals surface area contributed by atoms with Crippen molar-refractivity contribution in [2.24, 2.45) is 11.8 Å². The Morgan fingerprint density at radius 2 is 1.83 bits per heavy atom. The molecule has 0 saturated carbocycles. The van der Waals surface area contributed by atoms with Crippen molar-refractivity contribution < 1.29 is 4.79 Å². The van der Waals surface area contributed by atoms with Crippen LogP contribution in [0.4, 0.5) is 0 Å². The van der Waals surface area contributed by atoms with Gasteiger partial charge in [-0.3, -0.25) is 4.79 Å². The van der Waals surface area contributed by atoms with Crippen LogP contribution >= 0.6 is 15.9 Å². The molecule has 0 spiro atoms. The molecule has 0 N–H and O–H groups in total. The van der Waals surface area contributed by atoms with Crippen LogP contribution in [0.25, 0.3) is 0 Å². The first-order valence-electron chi connectivity index (χ1n) is 8.23. The van der Waals surface area contributed by atoms with E-state index in [0.717, 1.165) is 36.0 Å². The van der Waals surface area contributed by atoms with Crippen LogP contribution in [0.1, 0.15) is 29.3 Å². The minimum Gasteiger partial charge on any atom is -0.338 e. The molecule has 2 aromatic carbocycles. The highest BCUT2D eigenvalue weighted by Gasteiger charge is 2.29. The summed E-state index contributed by atoms with van der Waals surface area (Å²) < 4.78 is 0.879. The highest BCUT2D eigenvalue weighted by atomic mass is 79.9. The lowest BCUT2D eigenvalue weighted by Crippen LogP contribution is -2.43. The van der Waals surface area contributed by atoms with Gasteiger partial charge in [-0.25, -0.2) is 0 Å². The molecule has 2 nitrogen and oxygen atoms in total. The molecule has 3 heteroatoms. The van der Waals surface area contributed by atoms with E-state index in [2.05, 4.69) is 53.2 Å². The van der Waals surface area contributed by atoms with E-state index >= 15 is 0 Å². The maximum Gasteiger partial charge on any atom is 0.255 e. The first-order valence-corrected chi connectivity index (χ1v) is 9.02. The van der Waals surface area contributed by atoms with Crippen molar-refractivity contribution in [2.45, 2.75) is 19.8 Å². The Balaban J connectivity index is 1.64. The van der Waals surface area contributed by atoms with Gasteiger partial charge in [-0.1, -0.05) is 49.4 Å². The van der Waals surface area contributed by atoms with Crippen LogP contribution in [-0.4, -0.2) is 23.9 Å². The molecule has 3 rings (SSSR count). The second-order valence-electron chi connectivity index (χ2n) is 6.45. The smallest absolute Gasteiger partial charge is 0.255 e. The van der Waals surface area contributed by atoms with Crippen molar-refractivity contribution in [3.05, 3.63) is 70.2 Å². The summed E-state index contributed by atoms with van der Waals surface area (Å²) in [5, 5.41) is 0. The predicted molar refractivity (Wildman–Crippen MR) is 97.5 cm³/mol. The predicted octanol–water partition coefficient (Wildman–Crippen LogP) is 4.79. The molecular formula is C20H22BrNO. The van der Waals surface area contributed by atoms with E-state index in [1.807, 2.05) is 29.2 Å². The van der Waals surface area contributed by atoms with E-state index in [0.29, 0.717) is 11.8 Å². The standard InChI is InChI=1S/C20H22BrNO/c1-15-14-22(20(23)18-9-5-6-10-19(18)21)12-11-17(15)13-16-7-3-2-4-8-16/h2-10,15,17H,11-14H2,1H3. The van der Waals surface area contributed by atoms with E-state index in [9.17, 15) is 4.79 Å². The summed E-state index contributed by atoms with van der Waals surface area (Å²) in [6.07, 6.45) is 2.19. The topological polar surface area (TPSA) is 20.3 Å². The molecule has 2 aromatic rings. The number of nitrogens with zero attached hydrogens (tertiary/aromatic N) is 1. The van der Waals surface area contributed by atoms with E-state index in [1.54, 1.807) is 0 Å². The fourth-order valence-electron chi connectivity index (χ4n) is 3.40. The number of halogens is 1. The highest BCUT2D eigenvalue weighted by Crippen LogP contribution is 2.28. The second kappa shape index (κ2) is 7.31. The zero-order valence-electron chi connectivity index (χ0n) is 13.4. The van der Waals surface area contributed by atoms with Crippen LogP contribution in [0.2, 0.25) is 0 Å². The van der Waals surface area contributed by atoms with Crippen molar-refractivity contribution in [3.8, 4) is 0 Å². The molecule has 0 aliphatic carbocycles. The Morgan fingerprint density at radius 1 is 1.13 bits per heavy atom. The summed E-state index contributed by atoms with van der Waals surface area (Å²) in [4.78, 5) is 14.7. The second-order valence-corrected chi connectivity index (χ2v) is 7.30. The number of carbonyl (C=O) groups excluding carboxylic acids is 1. The summed E-state index contributed by atoms with van der Waals surface area (Å²) in [5.74, 6) is 1.32. The molecule has 0 radical (unpaired) electrons. The molecule has 2 unspecified atom stereocenters. The first-order chi connectivity index (χ1) is 11.1. The van der Waals surface area contributed by atoms with Gasteiger partial charge in [0.25, 0.3) is 5.91 Å². The van der Waals surface area contributed by atoms with Crippen molar-refractivity contribution in [1.82, 2.24) is 4.90 Å². The van der Waals surface area contributed by atoms with Gasteiger partial charge in [0, 0.05) is 17.6 Å². The zero-order chi connectivity index (χ0) is 16.2. The van der Waals surface area contributed by atoms with E-state index in [-0.39, 0.29) is 5.91 Å². The van der Waals surface area contributed by atoms with Gasteiger partial charge < -0.3 is 4.90 Å². The third kappa shape index (κ3) is 3.84. The minimum atomic E-state index is 0.141. The van der Waals surface area contributed by atoms with Gasteiger partial charge >= 0.3 is 0 Å². The number of rotatable bonds is 3. The zero-order valence-corrected chi connectivity index (χ0v) is 15.0. The maximum atomic E-state index is 12.7. The van der Waals surface area contributed by atoms with Crippen LogP contribution in [-0.2, 0) is 6.42 Å². The molecule has 1 aliphatic rings. The normalized spacial score (nSPS) is 21.2. The summed E-state index contributed by atoms with van der Waals surface area (Å²) in [6.45, 7) is 3.97. The van der Waals surface area contributed by atoms with Crippen molar-refractivity contribution >= 4 is 21.8 Å². The molecular weight excluding hydrogens is 350 g/mol. The summed E-state index contributed by atoms with van der Waals surface area (Å²) in [6, 6.07) is 18.4. The van der Waals surface area contributed by atoms with Crippen molar-refractivity contribution in [3.63, 3.8) is 0 Å². The largest absolute Gasteiger partial charge is 0.338 e. The summed E-state index contributed by atoms with van der Waals surface area (Å²) in [5.41, 5.74) is 2.16. The van der Waals surface area contributed by atoms with Gasteiger partial charge in [0.05, 0.1) is 5.56 Å². The van der Waals surface area contributed by atoms with Gasteiger partial charge in [-0.2, -0.15) is 0 Å². The number of benzene rings is 2. The number of hydrogen-bond donors (Lipinski definition) is 0. The van der Waals surface area contributed by atoms with Gasteiger partial charge in [-0.05, 0) is 58.3 Å². The van der Waals surface area contributed by atoms with E-state index in [1.165, 1.54) is 5.56 Å². The number of likely N-dealkylation sites (tertiary alicyclic amines) is 1. The van der Waals surface area contributed by atoms with Crippen molar-refractivity contribution in [1.29, 1.82) is 0 Å². The Labute approximate surface area is 146 Å². The van der Waals surface area contributed by atoms with Gasteiger partial charge in [-0.15, -0.1) is 0 Å². The summed E-state index contributed by atoms with van der Waals surface area (Å²) in [7, 11) is 0. The number of piperidine rings is 1. The highest BCUT2D eigenvalue weighted by molar-refractivity contribution is 9.10. The molecule has 23 heavy (non-hydrogen) atoms. The van der Waals surface area contributed by atoms with E-state index < -0.39 is 0 Å². The van der Waals surface area contributed by atoms with Gasteiger partial charge in [0.1, 0.15) is 0 Å². The average molecular weight is 372 g/mol. The quantitative estimate of drug-likeness (QED) is 0.759. The lowest BCUT2D eigenvalue weighted by Gasteiger charge is -2.37. The molecule has 2 atom stereocenters. The Hall–Kier alpha value is -1.61. The molecule has 1 saturated heterocycles. The van der Waals surface area contributed by atoms with Crippen LogP contribution < -0.4 is 0 Å². The Morgan fingerprint density at radius 3 is 2.52 bits per heavy atom. The SMILES string of the molecule is CC1CN(C(=O)c2ccccc2Br)CCC1Cc1ccccc1. The first kappa shape index (κ1) is 16.3. The molecule has 120 valence electrons. The molecule has 1 heterocycles. The lowest BCUT2D eigenvalue weighted by atomic mass is 9.82. The van der Waals surface area contributed by atoms with E-state index in [4.69, 9.17) is 0 Å². The average Bonchev–Trinajstić information content (AvgIpc) is 2.57. The maximum absolute atomic E-state index is 12.7. The molecule has 0 aromatic heterocycles. The summed E-state index contributed by atoms with van der Waals surface area (Å²) >= 11 is 3.49. The van der Waals surface area contributed by atoms with Crippen molar-refractivity contribution in [2.75, 3.05) is 13.1 Å². The van der Waals surface area contributed by atoms with Crippen LogP contribution in [0, 0.1) is 11.8 Å². The molecule has 0 bridgehead atoms. The molecule has 1 aliphatic heterocycles. The third-order valence-electron chi connectivity index (χ3n) is 4.82. The minimum absolute atomic E-state index is 0.141. The van der Waals surface area contributed by atoms with Crippen LogP contribution in [0.15, 0.2) is 59.1 Å². The number of hydrogen-bond acceptors (Lipinski definition) is 1. The number of carbonyl (C=O) groups is 1. The van der Waals surface area contributed by atoms with Crippen LogP contribution in [0.5, 0.6) is 0 Å². The Bertz CT molecular complexity index is 670. The fraction of sp³-hybridized carbons (Fsp3) is 0.350. The lowest BCUT2D eigenvalue weighted by molar-refractivity contribution is 0.0612. The van der Waals surface area contributed by atoms with Gasteiger partial charge in [0.2, 0.25) is 0 Å². The Kier molecular flexibility index (Phi) is 5.16. The molecule has 1 amide bonds. The molecule has 1 fully saturated rings. The number of amides is 1. The fourth-order valence-corrected chi connectivity index (χ4v) is 3.86.